The predicted molar refractivity (Wildman–Crippen MR) is 57.7 cm³/mol. The van der Waals surface area contributed by atoms with Gasteiger partial charge in [0.25, 0.3) is 0 Å². The van der Waals surface area contributed by atoms with Crippen LogP contribution in [-0.4, -0.2) is 35.4 Å². The molecular formula is C11H21NO3. The first-order valence-corrected chi connectivity index (χ1v) is 5.81. The second-order valence-corrected chi connectivity index (χ2v) is 4.30. The molecule has 0 spiro atoms. The molecule has 4 nitrogen and oxygen atoms in total. The number of hydrogen-bond donors (Lipinski definition) is 3. The third-order valence-corrected chi connectivity index (χ3v) is 3.13. The lowest BCUT2D eigenvalue weighted by Crippen LogP contribution is -2.35. The Morgan fingerprint density at radius 3 is 2.73 bits per heavy atom. The molecule has 1 heterocycles. The van der Waals surface area contributed by atoms with E-state index in [0.29, 0.717) is 5.92 Å². The van der Waals surface area contributed by atoms with Gasteiger partial charge in [-0.3, -0.25) is 4.79 Å². The summed E-state index contributed by atoms with van der Waals surface area (Å²) in [5, 5.41) is 20.6. The van der Waals surface area contributed by atoms with E-state index in [2.05, 4.69) is 5.32 Å². The van der Waals surface area contributed by atoms with Gasteiger partial charge in [-0.25, -0.2) is 0 Å². The van der Waals surface area contributed by atoms with Crippen LogP contribution in [0.25, 0.3) is 0 Å². The number of rotatable bonds is 5. The summed E-state index contributed by atoms with van der Waals surface area (Å²) in [6.45, 7) is 1.07. The SMILES string of the molecule is O=C(O)C1CCC(CCCCO)CCN1. The summed E-state index contributed by atoms with van der Waals surface area (Å²) in [5.41, 5.74) is 0. The second-order valence-electron chi connectivity index (χ2n) is 4.30. The fraction of sp³-hybridized carbons (Fsp3) is 0.909. The van der Waals surface area contributed by atoms with E-state index in [1.807, 2.05) is 0 Å². The molecule has 4 heteroatoms. The number of carbonyl (C=O) groups is 1. The zero-order valence-corrected chi connectivity index (χ0v) is 9.11. The van der Waals surface area contributed by atoms with E-state index in [1.165, 1.54) is 0 Å². The predicted octanol–water partition coefficient (Wildman–Crippen LogP) is 0.992. The molecule has 1 rings (SSSR count). The Kier molecular flexibility index (Phi) is 5.65. The highest BCUT2D eigenvalue weighted by molar-refractivity contribution is 5.73. The Labute approximate surface area is 90.7 Å². The molecule has 0 aliphatic carbocycles. The van der Waals surface area contributed by atoms with Crippen molar-refractivity contribution in [2.24, 2.45) is 5.92 Å². The number of carboxylic acids is 1. The summed E-state index contributed by atoms with van der Waals surface area (Å²) in [5.74, 6) is -0.0978. The molecule has 88 valence electrons. The van der Waals surface area contributed by atoms with Gasteiger partial charge in [0.1, 0.15) is 6.04 Å². The molecule has 2 unspecified atom stereocenters. The number of hydrogen-bond acceptors (Lipinski definition) is 3. The summed E-state index contributed by atoms with van der Waals surface area (Å²) >= 11 is 0. The van der Waals surface area contributed by atoms with E-state index in [-0.39, 0.29) is 12.6 Å². The average Bonchev–Trinajstić information content (AvgIpc) is 2.44. The molecule has 0 saturated carbocycles. The van der Waals surface area contributed by atoms with Gasteiger partial charge in [0.15, 0.2) is 0 Å². The first-order valence-electron chi connectivity index (χ1n) is 5.81. The van der Waals surface area contributed by atoms with Crippen molar-refractivity contribution in [2.75, 3.05) is 13.2 Å². The topological polar surface area (TPSA) is 69.6 Å². The first-order chi connectivity index (χ1) is 7.24. The van der Waals surface area contributed by atoms with Crippen LogP contribution >= 0.6 is 0 Å². The van der Waals surface area contributed by atoms with Crippen molar-refractivity contribution in [2.45, 2.75) is 44.6 Å². The molecule has 2 atom stereocenters. The Balaban J connectivity index is 2.23. The quantitative estimate of drug-likeness (QED) is 0.598. The fourth-order valence-corrected chi connectivity index (χ4v) is 2.15. The molecule has 1 aliphatic heterocycles. The van der Waals surface area contributed by atoms with Gasteiger partial charge < -0.3 is 15.5 Å². The molecule has 0 bridgehead atoms. The zero-order valence-electron chi connectivity index (χ0n) is 9.11. The third kappa shape index (κ3) is 4.62. The highest BCUT2D eigenvalue weighted by atomic mass is 16.4. The smallest absolute Gasteiger partial charge is 0.320 e. The van der Waals surface area contributed by atoms with Crippen LogP contribution < -0.4 is 5.32 Å². The number of carboxylic acid groups (broad SMARTS) is 1. The van der Waals surface area contributed by atoms with Crippen LogP contribution in [0.5, 0.6) is 0 Å². The summed E-state index contributed by atoms with van der Waals surface area (Å²) in [7, 11) is 0. The van der Waals surface area contributed by atoms with Crippen molar-refractivity contribution in [3.05, 3.63) is 0 Å². The molecule has 0 aromatic rings. The van der Waals surface area contributed by atoms with Crippen LogP contribution in [0.1, 0.15) is 38.5 Å². The highest BCUT2D eigenvalue weighted by Crippen LogP contribution is 2.21. The van der Waals surface area contributed by atoms with E-state index in [4.69, 9.17) is 10.2 Å². The van der Waals surface area contributed by atoms with E-state index >= 15 is 0 Å². The van der Waals surface area contributed by atoms with Gasteiger partial charge in [-0.2, -0.15) is 0 Å². The summed E-state index contributed by atoms with van der Waals surface area (Å²) < 4.78 is 0. The monoisotopic (exact) mass is 215 g/mol. The number of aliphatic hydroxyl groups is 1. The maximum atomic E-state index is 10.8. The maximum Gasteiger partial charge on any atom is 0.320 e. The molecule has 0 radical (unpaired) electrons. The molecule has 0 aromatic heterocycles. The lowest BCUT2D eigenvalue weighted by molar-refractivity contribution is -0.139. The summed E-state index contributed by atoms with van der Waals surface area (Å²) in [4.78, 5) is 10.8. The van der Waals surface area contributed by atoms with Crippen molar-refractivity contribution >= 4 is 5.97 Å². The van der Waals surface area contributed by atoms with Crippen LogP contribution in [-0.2, 0) is 4.79 Å². The van der Waals surface area contributed by atoms with Crippen LogP contribution in [0.15, 0.2) is 0 Å². The minimum absolute atomic E-state index is 0.267. The van der Waals surface area contributed by atoms with Crippen molar-refractivity contribution in [3.63, 3.8) is 0 Å². The molecular weight excluding hydrogens is 194 g/mol. The Bertz CT molecular complexity index is 196. The molecule has 1 fully saturated rings. The largest absolute Gasteiger partial charge is 0.480 e. The van der Waals surface area contributed by atoms with E-state index in [1.54, 1.807) is 0 Å². The van der Waals surface area contributed by atoms with Crippen molar-refractivity contribution in [1.82, 2.24) is 5.32 Å². The van der Waals surface area contributed by atoms with Crippen LogP contribution in [0, 0.1) is 5.92 Å². The fourth-order valence-electron chi connectivity index (χ4n) is 2.15. The average molecular weight is 215 g/mol. The number of unbranched alkanes of at least 4 members (excludes halogenated alkanes) is 1. The molecule has 0 amide bonds. The zero-order chi connectivity index (χ0) is 11.1. The highest BCUT2D eigenvalue weighted by Gasteiger charge is 2.22. The Hall–Kier alpha value is -0.610. The lowest BCUT2D eigenvalue weighted by atomic mass is 9.93. The van der Waals surface area contributed by atoms with Crippen LogP contribution in [0.3, 0.4) is 0 Å². The lowest BCUT2D eigenvalue weighted by Gasteiger charge is -2.12. The number of aliphatic carboxylic acids is 1. The van der Waals surface area contributed by atoms with Gasteiger partial charge in [0.2, 0.25) is 0 Å². The molecule has 0 aromatic carbocycles. The van der Waals surface area contributed by atoms with Gasteiger partial charge in [-0.1, -0.05) is 12.8 Å². The molecule has 3 N–H and O–H groups in total. The summed E-state index contributed by atoms with van der Waals surface area (Å²) in [6, 6.07) is -0.354. The van der Waals surface area contributed by atoms with Crippen LogP contribution in [0.4, 0.5) is 0 Å². The number of aliphatic hydroxyl groups excluding tert-OH is 1. The third-order valence-electron chi connectivity index (χ3n) is 3.13. The van der Waals surface area contributed by atoms with E-state index in [0.717, 1.165) is 45.1 Å². The van der Waals surface area contributed by atoms with Gasteiger partial charge in [-0.15, -0.1) is 0 Å². The van der Waals surface area contributed by atoms with E-state index in [9.17, 15) is 4.79 Å². The number of nitrogens with one attached hydrogen (secondary N) is 1. The first kappa shape index (κ1) is 12.5. The van der Waals surface area contributed by atoms with Crippen molar-refractivity contribution < 1.29 is 15.0 Å². The Morgan fingerprint density at radius 2 is 2.07 bits per heavy atom. The molecule has 15 heavy (non-hydrogen) atoms. The van der Waals surface area contributed by atoms with Crippen molar-refractivity contribution in [3.8, 4) is 0 Å². The minimum atomic E-state index is -0.731. The molecule has 1 saturated heterocycles. The van der Waals surface area contributed by atoms with Crippen LogP contribution in [0.2, 0.25) is 0 Å². The second kappa shape index (κ2) is 6.80. The summed E-state index contributed by atoms with van der Waals surface area (Å²) in [6.07, 6.45) is 5.84. The van der Waals surface area contributed by atoms with Gasteiger partial charge >= 0.3 is 5.97 Å². The minimum Gasteiger partial charge on any atom is -0.480 e. The standard InChI is InChI=1S/C11H21NO3/c13-8-2-1-3-9-4-5-10(11(14)15)12-7-6-9/h9-10,12-13H,1-8H2,(H,14,15). The van der Waals surface area contributed by atoms with Crippen molar-refractivity contribution in [1.29, 1.82) is 0 Å². The van der Waals surface area contributed by atoms with Gasteiger partial charge in [0.05, 0.1) is 0 Å². The Morgan fingerprint density at radius 1 is 1.27 bits per heavy atom. The normalized spacial score (nSPS) is 27.3. The van der Waals surface area contributed by atoms with Gasteiger partial charge in [0, 0.05) is 6.61 Å². The van der Waals surface area contributed by atoms with Gasteiger partial charge in [-0.05, 0) is 38.1 Å². The molecule has 1 aliphatic rings. The van der Waals surface area contributed by atoms with E-state index < -0.39 is 5.97 Å². The maximum absolute atomic E-state index is 10.8.